The van der Waals surface area contributed by atoms with E-state index in [1.165, 1.54) is 30.3 Å². The Morgan fingerprint density at radius 1 is 0.935 bits per heavy atom. The van der Waals surface area contributed by atoms with Gasteiger partial charge in [0.2, 0.25) is 0 Å². The second-order valence-electron chi connectivity index (χ2n) is 6.55. The van der Waals surface area contributed by atoms with Gasteiger partial charge in [-0.05, 0) is 44.2 Å². The molecule has 0 saturated carbocycles. The van der Waals surface area contributed by atoms with Crippen LogP contribution in [0.2, 0.25) is 0 Å². The van der Waals surface area contributed by atoms with Crippen molar-refractivity contribution in [3.8, 4) is 5.75 Å². The predicted octanol–water partition coefficient (Wildman–Crippen LogP) is 3.13. The number of hydrogen-bond acceptors (Lipinski definition) is 5. The molecule has 0 aliphatic rings. The van der Waals surface area contributed by atoms with E-state index in [1.54, 1.807) is 38.1 Å². The van der Waals surface area contributed by atoms with E-state index in [4.69, 9.17) is 9.15 Å². The highest BCUT2D eigenvalue weighted by Crippen LogP contribution is 2.18. The number of rotatable bonds is 6. The molecule has 3 amide bonds. The first-order valence-corrected chi connectivity index (χ1v) is 9.29. The number of benzene rings is 2. The van der Waals surface area contributed by atoms with Crippen LogP contribution >= 0.6 is 0 Å². The van der Waals surface area contributed by atoms with Crippen molar-refractivity contribution in [2.24, 2.45) is 0 Å². The van der Waals surface area contributed by atoms with Crippen LogP contribution in [0.1, 0.15) is 32.2 Å². The van der Waals surface area contributed by atoms with E-state index in [1.807, 2.05) is 0 Å². The topological polar surface area (TPSA) is 110 Å². The summed E-state index contributed by atoms with van der Waals surface area (Å²) in [5.74, 6) is -1.24. The van der Waals surface area contributed by atoms with E-state index < -0.39 is 30.1 Å². The number of aryl methyl sites for hydroxylation is 2. The van der Waals surface area contributed by atoms with Gasteiger partial charge in [0.25, 0.3) is 17.7 Å². The van der Waals surface area contributed by atoms with Gasteiger partial charge >= 0.3 is 0 Å². The molecular weight excluding hydrogens is 405 g/mol. The molecule has 3 N–H and O–H groups in total. The zero-order chi connectivity index (χ0) is 22.4. The highest BCUT2D eigenvalue weighted by molar-refractivity contribution is 6.01. The lowest BCUT2D eigenvalue weighted by molar-refractivity contribution is -0.118. The van der Waals surface area contributed by atoms with Crippen LogP contribution in [-0.2, 0) is 4.79 Å². The molecule has 1 aromatic heterocycles. The lowest BCUT2D eigenvalue weighted by Gasteiger charge is -2.12. The summed E-state index contributed by atoms with van der Waals surface area (Å²) in [5.41, 5.74) is 5.03. The summed E-state index contributed by atoms with van der Waals surface area (Å²) in [4.78, 5) is 36.8. The largest absolute Gasteiger partial charge is 0.483 e. The molecule has 0 unspecified atom stereocenters. The molecule has 0 spiro atoms. The van der Waals surface area contributed by atoms with Crippen molar-refractivity contribution >= 4 is 23.4 Å². The molecule has 0 aliphatic heterocycles. The minimum absolute atomic E-state index is 0.0228. The summed E-state index contributed by atoms with van der Waals surface area (Å²) in [7, 11) is 0. The fraction of sp³-hybridized carbons (Fsp3) is 0.136. The number of hydrogen-bond donors (Lipinski definition) is 3. The fourth-order valence-corrected chi connectivity index (χ4v) is 2.78. The molecule has 2 aromatic carbocycles. The quantitative estimate of drug-likeness (QED) is 0.526. The average molecular weight is 425 g/mol. The second kappa shape index (κ2) is 9.57. The zero-order valence-corrected chi connectivity index (χ0v) is 16.8. The van der Waals surface area contributed by atoms with Crippen LogP contribution in [0.5, 0.6) is 5.75 Å². The Balaban J connectivity index is 1.59. The molecule has 0 fully saturated rings. The van der Waals surface area contributed by atoms with Crippen LogP contribution in [0, 0.1) is 19.7 Å². The lowest BCUT2D eigenvalue weighted by Crippen LogP contribution is -2.41. The number of carbonyl (C=O) groups excluding carboxylic acids is 3. The maximum Gasteiger partial charge on any atom is 0.273 e. The van der Waals surface area contributed by atoms with Gasteiger partial charge in [-0.3, -0.25) is 25.2 Å². The van der Waals surface area contributed by atoms with Gasteiger partial charge in [0, 0.05) is 0 Å². The smallest absolute Gasteiger partial charge is 0.273 e. The number of furan rings is 1. The minimum atomic E-state index is -0.642. The number of nitrogens with one attached hydrogen (secondary N) is 3. The Morgan fingerprint density at radius 3 is 2.26 bits per heavy atom. The summed E-state index contributed by atoms with van der Waals surface area (Å²) in [6.45, 7) is 2.90. The van der Waals surface area contributed by atoms with E-state index in [9.17, 15) is 18.8 Å². The third kappa shape index (κ3) is 5.47. The van der Waals surface area contributed by atoms with Gasteiger partial charge in [0.15, 0.2) is 6.61 Å². The number of anilines is 1. The van der Waals surface area contributed by atoms with Gasteiger partial charge in [0.1, 0.15) is 23.1 Å². The van der Waals surface area contributed by atoms with Crippen LogP contribution in [0.25, 0.3) is 0 Å². The molecule has 0 radical (unpaired) electrons. The Hall–Kier alpha value is -4.14. The van der Waals surface area contributed by atoms with E-state index in [0.29, 0.717) is 17.1 Å². The Labute approximate surface area is 177 Å². The van der Waals surface area contributed by atoms with Crippen molar-refractivity contribution in [1.29, 1.82) is 0 Å². The van der Waals surface area contributed by atoms with Crippen molar-refractivity contribution in [1.82, 2.24) is 10.9 Å². The Bertz CT molecular complexity index is 1130. The first-order valence-electron chi connectivity index (χ1n) is 9.29. The van der Waals surface area contributed by atoms with Crippen molar-refractivity contribution in [3.63, 3.8) is 0 Å². The van der Waals surface area contributed by atoms with Gasteiger partial charge in [-0.2, -0.15) is 0 Å². The van der Waals surface area contributed by atoms with Crippen LogP contribution in [-0.4, -0.2) is 24.3 Å². The highest BCUT2D eigenvalue weighted by atomic mass is 19.1. The normalized spacial score (nSPS) is 10.3. The molecule has 3 aromatic rings. The standard InChI is InChI=1S/C22H20FN3O5/c1-13-11-16(14(2)31-13)22(29)26-25-21(28)15-7-3-6-10-19(15)30-12-20(27)24-18-9-5-4-8-17(18)23/h3-11H,12H2,1-2H3,(H,24,27)(H,25,28)(H,26,29). The maximum absolute atomic E-state index is 13.6. The van der Waals surface area contributed by atoms with E-state index in [-0.39, 0.29) is 17.0 Å². The first kappa shape index (κ1) is 21.6. The monoisotopic (exact) mass is 425 g/mol. The molecule has 31 heavy (non-hydrogen) atoms. The van der Waals surface area contributed by atoms with Gasteiger partial charge in [0.05, 0.1) is 16.8 Å². The average Bonchev–Trinajstić information content (AvgIpc) is 3.10. The van der Waals surface area contributed by atoms with E-state index in [0.717, 1.165) is 0 Å². The molecule has 9 heteroatoms. The Morgan fingerprint density at radius 2 is 1.58 bits per heavy atom. The predicted molar refractivity (Wildman–Crippen MR) is 110 cm³/mol. The van der Waals surface area contributed by atoms with Crippen LogP contribution < -0.4 is 20.9 Å². The maximum atomic E-state index is 13.6. The molecule has 0 atom stereocenters. The van der Waals surface area contributed by atoms with Gasteiger partial charge in [-0.1, -0.05) is 24.3 Å². The number of amides is 3. The lowest BCUT2D eigenvalue weighted by atomic mass is 10.2. The van der Waals surface area contributed by atoms with Crippen molar-refractivity contribution in [3.05, 3.63) is 83.1 Å². The van der Waals surface area contributed by atoms with Gasteiger partial charge in [-0.25, -0.2) is 4.39 Å². The van der Waals surface area contributed by atoms with E-state index >= 15 is 0 Å². The minimum Gasteiger partial charge on any atom is -0.483 e. The number of carbonyl (C=O) groups is 3. The number of para-hydroxylation sites is 2. The van der Waals surface area contributed by atoms with Crippen LogP contribution in [0.4, 0.5) is 10.1 Å². The number of ether oxygens (including phenoxy) is 1. The van der Waals surface area contributed by atoms with Crippen LogP contribution in [0.15, 0.2) is 59.0 Å². The molecule has 3 rings (SSSR count). The summed E-state index contributed by atoms with van der Waals surface area (Å²) in [6, 6.07) is 13.5. The first-order chi connectivity index (χ1) is 14.8. The van der Waals surface area contributed by atoms with Crippen LogP contribution in [0.3, 0.4) is 0 Å². The summed E-state index contributed by atoms with van der Waals surface area (Å²) >= 11 is 0. The summed E-state index contributed by atoms with van der Waals surface area (Å²) in [5, 5.41) is 2.39. The molecule has 0 saturated heterocycles. The molecule has 160 valence electrons. The summed E-state index contributed by atoms with van der Waals surface area (Å²) < 4.78 is 24.4. The van der Waals surface area contributed by atoms with E-state index in [2.05, 4.69) is 16.2 Å². The SMILES string of the molecule is Cc1cc(C(=O)NNC(=O)c2ccccc2OCC(=O)Nc2ccccc2F)c(C)o1. The number of hydrazine groups is 1. The molecular formula is C22H20FN3O5. The van der Waals surface area contributed by atoms with Gasteiger partial charge < -0.3 is 14.5 Å². The fourth-order valence-electron chi connectivity index (χ4n) is 2.78. The Kier molecular flexibility index (Phi) is 6.66. The number of halogens is 1. The third-order valence-electron chi connectivity index (χ3n) is 4.21. The van der Waals surface area contributed by atoms with Gasteiger partial charge in [-0.15, -0.1) is 0 Å². The van der Waals surface area contributed by atoms with Crippen molar-refractivity contribution < 1.29 is 27.9 Å². The molecule has 0 aliphatic carbocycles. The third-order valence-corrected chi connectivity index (χ3v) is 4.21. The second-order valence-corrected chi connectivity index (χ2v) is 6.55. The molecule has 1 heterocycles. The van der Waals surface area contributed by atoms with Crippen molar-refractivity contribution in [2.45, 2.75) is 13.8 Å². The highest BCUT2D eigenvalue weighted by Gasteiger charge is 2.17. The van der Waals surface area contributed by atoms with Crippen molar-refractivity contribution in [2.75, 3.05) is 11.9 Å². The zero-order valence-electron chi connectivity index (χ0n) is 16.8. The molecule has 0 bridgehead atoms. The molecule has 8 nitrogen and oxygen atoms in total. The summed E-state index contributed by atoms with van der Waals surface area (Å²) in [6.07, 6.45) is 0.